The number of carbonyl (C=O) groups is 2. The van der Waals surface area contributed by atoms with Crippen molar-refractivity contribution in [2.75, 3.05) is 14.1 Å². The molecule has 5 heteroatoms. The van der Waals surface area contributed by atoms with Gasteiger partial charge in [-0.3, -0.25) is 14.5 Å². The van der Waals surface area contributed by atoms with E-state index in [2.05, 4.69) is 13.8 Å². The second-order valence-corrected chi connectivity index (χ2v) is 11.9. The van der Waals surface area contributed by atoms with Crippen molar-refractivity contribution < 1.29 is 19.8 Å². The van der Waals surface area contributed by atoms with Crippen LogP contribution >= 0.6 is 0 Å². The molecule has 0 aromatic carbocycles. The van der Waals surface area contributed by atoms with Crippen molar-refractivity contribution >= 4 is 11.6 Å². The molecule has 0 radical (unpaired) electrons. The highest BCUT2D eigenvalue weighted by Crippen LogP contribution is 2.21. The average Bonchev–Trinajstić information content (AvgIpc) is 2.90. The van der Waals surface area contributed by atoms with Gasteiger partial charge in [-0.15, -0.1) is 0 Å². The Morgan fingerprint density at radius 1 is 0.500 bits per heavy atom. The molecule has 0 rings (SSSR count). The standard InChI is InChI=1S/C33H65NO4/c1-5-7-9-11-13-15-17-19-21-23-25-27-29(35)31(33(38)34(3)4)32(37)30(36)28-26-24-22-20-18-16-14-12-10-8-6-2/h31-33,37-38H,5-28H2,1-4H3. The molecule has 0 saturated carbocycles. The molecule has 0 spiro atoms. The summed E-state index contributed by atoms with van der Waals surface area (Å²) in [6.45, 7) is 4.48. The van der Waals surface area contributed by atoms with Gasteiger partial charge in [-0.25, -0.2) is 0 Å². The number of aliphatic hydroxyl groups is 2. The van der Waals surface area contributed by atoms with E-state index in [-0.39, 0.29) is 18.0 Å². The van der Waals surface area contributed by atoms with Crippen molar-refractivity contribution in [3.05, 3.63) is 0 Å². The quantitative estimate of drug-likeness (QED) is 0.0737. The second kappa shape index (κ2) is 26.4. The van der Waals surface area contributed by atoms with Gasteiger partial charge in [0.15, 0.2) is 5.78 Å². The van der Waals surface area contributed by atoms with Gasteiger partial charge in [0.25, 0.3) is 0 Å². The Morgan fingerprint density at radius 2 is 0.789 bits per heavy atom. The third kappa shape index (κ3) is 20.2. The summed E-state index contributed by atoms with van der Waals surface area (Å²) in [4.78, 5) is 27.2. The fraction of sp³-hybridized carbons (Fsp3) is 0.939. The second-order valence-electron chi connectivity index (χ2n) is 11.9. The first-order valence-corrected chi connectivity index (χ1v) is 16.4. The zero-order valence-electron chi connectivity index (χ0n) is 25.9. The number of ketones is 2. The van der Waals surface area contributed by atoms with Crippen LogP contribution in [-0.4, -0.2) is 53.1 Å². The third-order valence-electron chi connectivity index (χ3n) is 7.95. The van der Waals surface area contributed by atoms with Crippen molar-refractivity contribution in [2.24, 2.45) is 5.92 Å². The Morgan fingerprint density at radius 3 is 1.11 bits per heavy atom. The fourth-order valence-electron chi connectivity index (χ4n) is 5.27. The minimum atomic E-state index is -1.42. The van der Waals surface area contributed by atoms with E-state index in [1.165, 1.54) is 108 Å². The highest BCUT2D eigenvalue weighted by molar-refractivity contribution is 5.91. The highest BCUT2D eigenvalue weighted by Gasteiger charge is 2.37. The molecule has 3 atom stereocenters. The Labute approximate surface area is 236 Å². The molecule has 0 amide bonds. The van der Waals surface area contributed by atoms with E-state index in [4.69, 9.17) is 0 Å². The number of hydrogen-bond acceptors (Lipinski definition) is 5. The summed E-state index contributed by atoms with van der Waals surface area (Å²) in [6, 6.07) is 0. The first kappa shape index (κ1) is 37.2. The lowest BCUT2D eigenvalue weighted by Gasteiger charge is -2.30. The van der Waals surface area contributed by atoms with E-state index in [0.717, 1.165) is 38.5 Å². The van der Waals surface area contributed by atoms with Crippen LogP contribution in [0.15, 0.2) is 0 Å². The van der Waals surface area contributed by atoms with Crippen molar-refractivity contribution in [3.8, 4) is 0 Å². The van der Waals surface area contributed by atoms with E-state index in [1.54, 1.807) is 14.1 Å². The molecular weight excluding hydrogens is 474 g/mol. The van der Waals surface area contributed by atoms with Gasteiger partial charge >= 0.3 is 0 Å². The van der Waals surface area contributed by atoms with Gasteiger partial charge in [0.1, 0.15) is 18.1 Å². The first-order valence-electron chi connectivity index (χ1n) is 16.4. The molecular formula is C33H65NO4. The van der Waals surface area contributed by atoms with Gasteiger partial charge < -0.3 is 10.2 Å². The maximum absolute atomic E-state index is 13.0. The molecule has 2 N–H and O–H groups in total. The molecule has 0 aromatic heterocycles. The predicted octanol–water partition coefficient (Wildman–Crippen LogP) is 8.38. The molecule has 0 bridgehead atoms. The SMILES string of the molecule is CCCCCCCCCCCCCC(=O)C(O)C(C(=O)CCCCCCCCCCCCC)C(O)N(C)C. The fourth-order valence-corrected chi connectivity index (χ4v) is 5.27. The predicted molar refractivity (Wildman–Crippen MR) is 161 cm³/mol. The summed E-state index contributed by atoms with van der Waals surface area (Å²) in [7, 11) is 3.35. The van der Waals surface area contributed by atoms with Crippen molar-refractivity contribution in [2.45, 2.75) is 180 Å². The maximum Gasteiger partial charge on any atom is 0.162 e. The summed E-state index contributed by atoms with van der Waals surface area (Å²) in [5.41, 5.74) is 0. The molecule has 0 aliphatic rings. The lowest BCUT2D eigenvalue weighted by Crippen LogP contribution is -2.48. The Bertz CT molecular complexity index is 551. The third-order valence-corrected chi connectivity index (χ3v) is 7.95. The van der Waals surface area contributed by atoms with Crippen LogP contribution in [0.5, 0.6) is 0 Å². The van der Waals surface area contributed by atoms with Gasteiger partial charge in [0, 0.05) is 12.8 Å². The zero-order chi connectivity index (χ0) is 28.4. The van der Waals surface area contributed by atoms with Crippen LogP contribution in [0.4, 0.5) is 0 Å². The van der Waals surface area contributed by atoms with E-state index in [9.17, 15) is 19.8 Å². The normalized spacial score (nSPS) is 14.1. The summed E-state index contributed by atoms with van der Waals surface area (Å²) >= 11 is 0. The van der Waals surface area contributed by atoms with Gasteiger partial charge in [-0.1, -0.05) is 142 Å². The summed E-state index contributed by atoms with van der Waals surface area (Å²) in [5.74, 6) is -1.56. The molecule has 0 aliphatic heterocycles. The van der Waals surface area contributed by atoms with Gasteiger partial charge in [0.2, 0.25) is 0 Å². The van der Waals surface area contributed by atoms with Crippen LogP contribution in [0.3, 0.4) is 0 Å². The smallest absolute Gasteiger partial charge is 0.162 e. The van der Waals surface area contributed by atoms with E-state index >= 15 is 0 Å². The summed E-state index contributed by atoms with van der Waals surface area (Å²) in [5, 5.41) is 21.4. The number of carbonyl (C=O) groups excluding carboxylic acids is 2. The van der Waals surface area contributed by atoms with Gasteiger partial charge in [-0.05, 0) is 26.9 Å². The molecule has 226 valence electrons. The highest BCUT2D eigenvalue weighted by atomic mass is 16.3. The largest absolute Gasteiger partial charge is 0.384 e. The monoisotopic (exact) mass is 539 g/mol. The van der Waals surface area contributed by atoms with Crippen LogP contribution < -0.4 is 0 Å². The molecule has 0 aromatic rings. The van der Waals surface area contributed by atoms with E-state index in [0.29, 0.717) is 6.42 Å². The molecule has 0 aliphatic carbocycles. The molecule has 38 heavy (non-hydrogen) atoms. The minimum absolute atomic E-state index is 0.193. The number of rotatable bonds is 29. The molecule has 0 fully saturated rings. The summed E-state index contributed by atoms with van der Waals surface area (Å²) in [6.07, 6.45) is 24.5. The van der Waals surface area contributed by atoms with E-state index < -0.39 is 18.2 Å². The van der Waals surface area contributed by atoms with Crippen molar-refractivity contribution in [3.63, 3.8) is 0 Å². The van der Waals surface area contributed by atoms with Gasteiger partial charge in [0.05, 0.1) is 5.92 Å². The number of hydrogen-bond donors (Lipinski definition) is 2. The van der Waals surface area contributed by atoms with Crippen LogP contribution in [-0.2, 0) is 9.59 Å². The Balaban J connectivity index is 4.19. The Kier molecular flexibility index (Phi) is 25.9. The molecule has 0 saturated heterocycles. The van der Waals surface area contributed by atoms with Crippen LogP contribution in [0.25, 0.3) is 0 Å². The topological polar surface area (TPSA) is 77.8 Å². The van der Waals surface area contributed by atoms with Crippen LogP contribution in [0, 0.1) is 5.92 Å². The number of unbranched alkanes of at least 4 members (excludes halogenated alkanes) is 20. The number of Topliss-reactive ketones (excluding diaryl/α,β-unsaturated/α-hetero) is 2. The molecule has 5 nitrogen and oxygen atoms in total. The van der Waals surface area contributed by atoms with Crippen LogP contribution in [0.1, 0.15) is 168 Å². The number of aliphatic hydroxyl groups excluding tert-OH is 2. The summed E-state index contributed by atoms with van der Waals surface area (Å²) < 4.78 is 0. The van der Waals surface area contributed by atoms with E-state index in [1.807, 2.05) is 0 Å². The lowest BCUT2D eigenvalue weighted by atomic mass is 9.87. The molecule has 0 heterocycles. The lowest BCUT2D eigenvalue weighted by molar-refractivity contribution is -0.149. The number of nitrogens with zero attached hydrogens (tertiary/aromatic N) is 1. The van der Waals surface area contributed by atoms with Crippen molar-refractivity contribution in [1.29, 1.82) is 0 Å². The maximum atomic E-state index is 13.0. The van der Waals surface area contributed by atoms with Gasteiger partial charge in [-0.2, -0.15) is 0 Å². The zero-order valence-corrected chi connectivity index (χ0v) is 25.9. The average molecular weight is 540 g/mol. The first-order chi connectivity index (χ1) is 18.4. The minimum Gasteiger partial charge on any atom is -0.384 e. The van der Waals surface area contributed by atoms with Crippen molar-refractivity contribution in [1.82, 2.24) is 4.90 Å². The Hall–Kier alpha value is -0.780. The van der Waals surface area contributed by atoms with Crippen LogP contribution in [0.2, 0.25) is 0 Å². The molecule has 3 unspecified atom stereocenters.